The fourth-order valence-electron chi connectivity index (χ4n) is 1.81. The lowest BCUT2D eigenvalue weighted by molar-refractivity contribution is -0.0611. The van der Waals surface area contributed by atoms with E-state index in [2.05, 4.69) is 0 Å². The maximum Gasteiger partial charge on any atom is 0.330 e. The number of nitrogens with zero attached hydrogens (tertiary/aromatic N) is 1. The zero-order chi connectivity index (χ0) is 14.4. The number of hydrogen-bond donors (Lipinski definition) is 3. The summed E-state index contributed by atoms with van der Waals surface area (Å²) in [5.74, 6) is 0. The Bertz CT molecular complexity index is 600. The Kier molecular flexibility index (Phi) is 2.77. The quantitative estimate of drug-likeness (QED) is 0.604. The smallest absolute Gasteiger partial charge is 0.330 e. The maximum absolute atomic E-state index is 14.5. The molecule has 0 bridgehead atoms. The van der Waals surface area contributed by atoms with Crippen molar-refractivity contribution in [3.63, 3.8) is 0 Å². The molecule has 1 fully saturated rings. The molecule has 0 amide bonds. The van der Waals surface area contributed by atoms with Gasteiger partial charge in [0.05, 0.1) is 7.98 Å². The number of alkyl halides is 1. The predicted octanol–water partition coefficient (Wildman–Crippen LogP) is -1.48. The molecule has 100 valence electrons. The van der Waals surface area contributed by atoms with Crippen molar-refractivity contribution in [3.8, 4) is 0 Å². The van der Waals surface area contributed by atoms with Gasteiger partial charge in [-0.2, -0.15) is 0 Å². The van der Waals surface area contributed by atoms with Gasteiger partial charge >= 0.3 is 5.69 Å². The molecule has 1 aliphatic heterocycles. The van der Waals surface area contributed by atoms with Crippen LogP contribution in [0.15, 0.2) is 21.9 Å². The number of aromatic amines is 1. The highest BCUT2D eigenvalue weighted by Crippen LogP contribution is 2.40. The summed E-state index contributed by atoms with van der Waals surface area (Å²) in [6.07, 6.45) is -4.81. The standard InChI is InChI=1S/C10H13FN2O5/c1-10(11)7(16)5(4-14)18-8(10)13-3-2-6(15)12-9(13)17/h2-3,5,7-8,14,16H,4H2,1H3,(H,12,15,17)/t5-,7?,8-,10+/m1/s1/i8D,9+1,12+1,13+1. The van der Waals surface area contributed by atoms with Crippen molar-refractivity contribution in [2.45, 2.75) is 31.0 Å². The number of aromatic nitrogens is 2. The first kappa shape index (κ1) is 11.6. The van der Waals surface area contributed by atoms with E-state index in [1.165, 1.54) is 0 Å². The Hall–Kier alpha value is -1.51. The third-order valence-corrected chi connectivity index (χ3v) is 2.81. The van der Waals surface area contributed by atoms with Gasteiger partial charge in [0.1, 0.15) is 12.2 Å². The second-order valence-electron chi connectivity index (χ2n) is 4.14. The van der Waals surface area contributed by atoms with Crippen LogP contribution in [0.4, 0.5) is 4.39 Å². The van der Waals surface area contributed by atoms with E-state index in [4.69, 9.17) is 11.2 Å². The van der Waals surface area contributed by atoms with Crippen LogP contribution in [-0.2, 0) is 4.74 Å². The van der Waals surface area contributed by atoms with E-state index in [0.29, 0.717) is 4.57 Å². The van der Waals surface area contributed by atoms with Gasteiger partial charge in [-0.25, -0.2) is 9.18 Å². The van der Waals surface area contributed by atoms with Crippen molar-refractivity contribution >= 4 is 0 Å². The molecule has 3 N–H and O–H groups in total. The molecule has 1 aliphatic rings. The van der Waals surface area contributed by atoms with Gasteiger partial charge in [0.2, 0.25) is 0 Å². The van der Waals surface area contributed by atoms with Gasteiger partial charge in [0.25, 0.3) is 5.56 Å². The number of aliphatic hydroxyl groups is 2. The molecular formula is C10H13FN2O5. The van der Waals surface area contributed by atoms with Crippen molar-refractivity contribution in [2.75, 3.05) is 6.61 Å². The number of aliphatic hydroxyl groups excluding tert-OH is 2. The molecule has 0 spiro atoms. The van der Waals surface area contributed by atoms with Gasteiger partial charge < -0.3 is 14.9 Å². The number of halogens is 1. The monoisotopic (exact) mass is 264 g/mol. The molecule has 1 aromatic heterocycles. The van der Waals surface area contributed by atoms with Gasteiger partial charge in [-0.1, -0.05) is 0 Å². The molecule has 18 heavy (non-hydrogen) atoms. The summed E-state index contributed by atoms with van der Waals surface area (Å²) in [6.45, 7) is 0.178. The topological polar surface area (TPSA) is 105 Å². The summed E-state index contributed by atoms with van der Waals surface area (Å²) in [4.78, 5) is 24.4. The van der Waals surface area contributed by atoms with Gasteiger partial charge in [0, 0.05) is 12.3 Å². The molecule has 0 aromatic carbocycles. The predicted molar refractivity (Wildman–Crippen MR) is 57.8 cm³/mol. The number of hydrogen-bond acceptors (Lipinski definition) is 5. The lowest BCUT2D eigenvalue weighted by Crippen LogP contribution is -2.43. The Morgan fingerprint density at radius 3 is 2.89 bits per heavy atom. The van der Waals surface area contributed by atoms with Crippen molar-refractivity contribution in [2.24, 2.45) is 0 Å². The molecule has 2 heterocycles. The SMILES string of the molecule is [2H][C@@]1([15n]2ccc(=O)[15nH][13c]2=O)O[C@H](CO)C(O)[C@]1(C)F. The van der Waals surface area contributed by atoms with E-state index in [0.717, 1.165) is 19.2 Å². The lowest BCUT2D eigenvalue weighted by Gasteiger charge is -2.24. The Morgan fingerprint density at radius 2 is 2.39 bits per heavy atom. The number of H-pyrrole nitrogens is 1. The summed E-state index contributed by atoms with van der Waals surface area (Å²) in [5, 5.41) is 18.7. The minimum Gasteiger partial charge on any atom is -0.394 e. The highest BCUT2D eigenvalue weighted by Gasteiger charge is 2.54. The average Bonchev–Trinajstić information content (AvgIpc) is 2.50. The first-order valence-electron chi connectivity index (χ1n) is 5.72. The summed E-state index contributed by atoms with van der Waals surface area (Å²) in [6, 6.07) is 0.926. The average molecular weight is 264 g/mol. The molecule has 0 radical (unpaired) electrons. The molecule has 4 atom stereocenters. The fourth-order valence-corrected chi connectivity index (χ4v) is 1.81. The van der Waals surface area contributed by atoms with E-state index in [1.807, 2.05) is 4.98 Å². The van der Waals surface area contributed by atoms with Gasteiger partial charge in [0.15, 0.2) is 11.9 Å². The maximum atomic E-state index is 14.5. The molecule has 0 aliphatic carbocycles. The molecular weight excluding hydrogens is 250 g/mol. The second kappa shape index (κ2) is 4.30. The van der Waals surface area contributed by atoms with E-state index in [9.17, 15) is 19.1 Å². The van der Waals surface area contributed by atoms with Crippen molar-refractivity contribution in [3.05, 3.63) is 33.1 Å². The van der Waals surface area contributed by atoms with Gasteiger partial charge in [-0.05, 0) is 6.92 Å². The second-order valence-corrected chi connectivity index (χ2v) is 4.14. The van der Waals surface area contributed by atoms with E-state index in [1.54, 1.807) is 0 Å². The minimum absolute atomic E-state index is 0.521. The third kappa shape index (κ3) is 1.88. The van der Waals surface area contributed by atoms with Crippen molar-refractivity contribution in [1.82, 2.24) is 9.55 Å². The first-order valence-corrected chi connectivity index (χ1v) is 5.22. The molecule has 1 unspecified atom stereocenters. The van der Waals surface area contributed by atoms with E-state index >= 15 is 0 Å². The van der Waals surface area contributed by atoms with Crippen LogP contribution >= 0.6 is 0 Å². The van der Waals surface area contributed by atoms with Crippen LogP contribution in [0.1, 0.15) is 14.5 Å². The van der Waals surface area contributed by atoms with Gasteiger partial charge in [-0.15, -0.1) is 0 Å². The minimum atomic E-state index is -2.65. The molecule has 1 aromatic rings. The van der Waals surface area contributed by atoms with Crippen LogP contribution in [0, 0.1) is 0 Å². The zero-order valence-electron chi connectivity index (χ0n) is 10.5. The van der Waals surface area contributed by atoms with Crippen LogP contribution in [-0.4, -0.2) is 44.2 Å². The molecule has 8 heteroatoms. The normalized spacial score (nSPS) is 40.8. The fraction of sp³-hybridized carbons (Fsp3) is 0.600. The number of rotatable bonds is 2. The summed E-state index contributed by atoms with van der Waals surface area (Å²) in [7, 11) is 0. The highest BCUT2D eigenvalue weighted by atomic mass is 19.1. The Morgan fingerprint density at radius 1 is 1.72 bits per heavy atom. The zero-order valence-corrected chi connectivity index (χ0v) is 9.46. The molecule has 1 saturated heterocycles. The first-order chi connectivity index (χ1) is 8.74. The third-order valence-electron chi connectivity index (χ3n) is 2.81. The van der Waals surface area contributed by atoms with Crippen molar-refractivity contribution in [1.29, 1.82) is 0 Å². The van der Waals surface area contributed by atoms with Crippen LogP contribution in [0.5, 0.6) is 0 Å². The van der Waals surface area contributed by atoms with Crippen LogP contribution in [0.25, 0.3) is 0 Å². The number of ether oxygens (including phenoxy) is 1. The molecule has 2 rings (SSSR count). The summed E-state index contributed by atoms with van der Waals surface area (Å²) < 4.78 is 28.0. The molecule has 7 nitrogen and oxygen atoms in total. The van der Waals surface area contributed by atoms with E-state index < -0.39 is 41.9 Å². The van der Waals surface area contributed by atoms with Crippen LogP contribution in [0.3, 0.4) is 0 Å². The number of nitrogens with one attached hydrogen (secondary N) is 1. The lowest BCUT2D eigenvalue weighted by atomic mass is 9.99. The Balaban J connectivity index is 2.59. The van der Waals surface area contributed by atoms with E-state index in [-0.39, 0.29) is 0 Å². The van der Waals surface area contributed by atoms with Crippen LogP contribution < -0.4 is 11.2 Å². The Labute approximate surface area is 102 Å². The van der Waals surface area contributed by atoms with Crippen LogP contribution in [0.2, 0.25) is 0 Å². The van der Waals surface area contributed by atoms with Crippen molar-refractivity contribution < 1.29 is 20.7 Å². The van der Waals surface area contributed by atoms with Gasteiger partial charge in [-0.3, -0.25) is 14.3 Å². The summed E-state index contributed by atoms with van der Waals surface area (Å²) >= 11 is 0. The largest absolute Gasteiger partial charge is 0.394 e. The molecule has 0 saturated carbocycles. The summed E-state index contributed by atoms with van der Waals surface area (Å²) in [5.41, 5.74) is -4.40. The highest BCUT2D eigenvalue weighted by molar-refractivity contribution is 5.01.